The third-order valence-electron chi connectivity index (χ3n) is 3.15. The van der Waals surface area contributed by atoms with Gasteiger partial charge in [0.25, 0.3) is 0 Å². The fraction of sp³-hybridized carbons (Fsp3) is 0.176. The highest BCUT2D eigenvalue weighted by molar-refractivity contribution is 9.10. The van der Waals surface area contributed by atoms with Crippen molar-refractivity contribution in [3.05, 3.63) is 52.5 Å². The first-order valence-corrected chi connectivity index (χ1v) is 9.03. The van der Waals surface area contributed by atoms with Crippen LogP contribution in [-0.4, -0.2) is 24.7 Å². The molecule has 0 aliphatic heterocycles. The van der Waals surface area contributed by atoms with Crippen molar-refractivity contribution >= 4 is 51.0 Å². The quantitative estimate of drug-likeness (QED) is 0.649. The Hall–Kier alpha value is -1.99. The number of thioether (sulfide) groups is 1. The van der Waals surface area contributed by atoms with E-state index in [2.05, 4.69) is 31.9 Å². The molecule has 2 aromatic rings. The largest absolute Gasteiger partial charge is 0.341 e. The Morgan fingerprint density at radius 3 is 2.25 bits per heavy atom. The summed E-state index contributed by atoms with van der Waals surface area (Å²) in [4.78, 5) is 24.3. The lowest BCUT2D eigenvalue weighted by molar-refractivity contribution is -0.113. The molecule has 0 radical (unpaired) electrons. The minimum atomic E-state index is -0.284. The third-order valence-corrected chi connectivity index (χ3v) is 4.82. The summed E-state index contributed by atoms with van der Waals surface area (Å²) in [6.07, 6.45) is 0. The van der Waals surface area contributed by atoms with Crippen LogP contribution in [0.3, 0.4) is 0 Å². The highest BCUT2D eigenvalue weighted by Gasteiger charge is 2.06. The van der Waals surface area contributed by atoms with Gasteiger partial charge in [0.2, 0.25) is 5.91 Å². The van der Waals surface area contributed by atoms with Crippen LogP contribution in [-0.2, 0) is 4.79 Å². The number of hydrogen-bond acceptors (Lipinski definition) is 3. The standard InChI is InChI=1S/C17H18BrN3O2S/c1-11-9-12(18)3-8-15(11)24-10-16(22)20-13-4-6-14(7-5-13)21-17(23)19-2/h3-9H,10H2,1-2H3,(H,20,22)(H2,19,21,23). The number of rotatable bonds is 5. The zero-order valence-electron chi connectivity index (χ0n) is 13.4. The molecule has 0 unspecified atom stereocenters. The lowest BCUT2D eigenvalue weighted by atomic mass is 10.2. The Balaban J connectivity index is 1.86. The van der Waals surface area contributed by atoms with Gasteiger partial charge in [-0.15, -0.1) is 11.8 Å². The Bertz CT molecular complexity index is 735. The average Bonchev–Trinajstić information content (AvgIpc) is 2.55. The Labute approximate surface area is 153 Å². The van der Waals surface area contributed by atoms with Crippen LogP contribution in [0.4, 0.5) is 16.2 Å². The molecule has 0 spiro atoms. The molecule has 7 heteroatoms. The third kappa shape index (κ3) is 5.58. The summed E-state index contributed by atoms with van der Waals surface area (Å²) in [6.45, 7) is 2.02. The molecule has 5 nitrogen and oxygen atoms in total. The van der Waals surface area contributed by atoms with Crippen molar-refractivity contribution in [2.75, 3.05) is 23.4 Å². The van der Waals surface area contributed by atoms with E-state index in [0.717, 1.165) is 14.9 Å². The average molecular weight is 408 g/mol. The van der Waals surface area contributed by atoms with E-state index in [0.29, 0.717) is 17.1 Å². The predicted octanol–water partition coefficient (Wildman–Crippen LogP) is 4.24. The molecule has 126 valence electrons. The van der Waals surface area contributed by atoms with E-state index in [1.165, 1.54) is 11.8 Å². The maximum absolute atomic E-state index is 12.1. The van der Waals surface area contributed by atoms with Gasteiger partial charge >= 0.3 is 6.03 Å². The van der Waals surface area contributed by atoms with Crippen LogP contribution in [0.25, 0.3) is 0 Å². The van der Waals surface area contributed by atoms with Gasteiger partial charge in [-0.3, -0.25) is 4.79 Å². The second-order valence-corrected chi connectivity index (χ2v) is 6.96. The fourth-order valence-electron chi connectivity index (χ4n) is 1.95. The SMILES string of the molecule is CNC(=O)Nc1ccc(NC(=O)CSc2ccc(Br)cc2C)cc1. The maximum Gasteiger partial charge on any atom is 0.318 e. The van der Waals surface area contributed by atoms with Crippen LogP contribution in [0.1, 0.15) is 5.56 Å². The highest BCUT2D eigenvalue weighted by Crippen LogP contribution is 2.25. The van der Waals surface area contributed by atoms with Crippen LogP contribution >= 0.6 is 27.7 Å². The van der Waals surface area contributed by atoms with E-state index in [9.17, 15) is 9.59 Å². The van der Waals surface area contributed by atoms with Gasteiger partial charge in [-0.05, 0) is 55.0 Å². The molecule has 2 aromatic carbocycles. The van der Waals surface area contributed by atoms with Crippen molar-refractivity contribution in [2.24, 2.45) is 0 Å². The molecular formula is C17H18BrN3O2S. The number of nitrogens with one attached hydrogen (secondary N) is 3. The molecule has 24 heavy (non-hydrogen) atoms. The summed E-state index contributed by atoms with van der Waals surface area (Å²) >= 11 is 4.93. The van der Waals surface area contributed by atoms with E-state index in [1.54, 1.807) is 31.3 Å². The first-order chi connectivity index (χ1) is 11.5. The summed E-state index contributed by atoms with van der Waals surface area (Å²) in [7, 11) is 1.55. The maximum atomic E-state index is 12.1. The second kappa shape index (κ2) is 8.75. The monoisotopic (exact) mass is 407 g/mol. The molecule has 0 atom stereocenters. The summed E-state index contributed by atoms with van der Waals surface area (Å²) in [5.74, 6) is 0.259. The second-order valence-electron chi connectivity index (χ2n) is 5.03. The number of amides is 3. The fourth-order valence-corrected chi connectivity index (χ4v) is 3.23. The zero-order chi connectivity index (χ0) is 17.5. The zero-order valence-corrected chi connectivity index (χ0v) is 15.8. The number of halogens is 1. The summed E-state index contributed by atoms with van der Waals surface area (Å²) < 4.78 is 1.03. The Kier molecular flexibility index (Phi) is 6.69. The minimum absolute atomic E-state index is 0.0747. The number of carbonyl (C=O) groups is 2. The van der Waals surface area contributed by atoms with Crippen molar-refractivity contribution in [2.45, 2.75) is 11.8 Å². The molecule has 0 saturated carbocycles. The molecule has 3 amide bonds. The number of hydrogen-bond donors (Lipinski definition) is 3. The van der Waals surface area contributed by atoms with Gasteiger partial charge in [-0.25, -0.2) is 4.79 Å². The minimum Gasteiger partial charge on any atom is -0.341 e. The van der Waals surface area contributed by atoms with Crippen LogP contribution in [0.5, 0.6) is 0 Å². The lowest BCUT2D eigenvalue weighted by Crippen LogP contribution is -2.24. The summed E-state index contributed by atoms with van der Waals surface area (Å²) in [5.41, 5.74) is 2.48. The molecule has 2 rings (SSSR count). The number of aryl methyl sites for hydroxylation is 1. The van der Waals surface area contributed by atoms with E-state index in [1.807, 2.05) is 25.1 Å². The van der Waals surface area contributed by atoms with Crippen molar-refractivity contribution in [1.29, 1.82) is 0 Å². The van der Waals surface area contributed by atoms with Gasteiger partial charge in [0.1, 0.15) is 0 Å². The van der Waals surface area contributed by atoms with Gasteiger partial charge < -0.3 is 16.0 Å². The van der Waals surface area contributed by atoms with Crippen LogP contribution in [0.2, 0.25) is 0 Å². The first-order valence-electron chi connectivity index (χ1n) is 7.25. The number of carbonyl (C=O) groups excluding carboxylic acids is 2. The Morgan fingerprint density at radius 1 is 1.04 bits per heavy atom. The van der Waals surface area contributed by atoms with E-state index in [-0.39, 0.29) is 11.9 Å². The normalized spacial score (nSPS) is 10.1. The van der Waals surface area contributed by atoms with Crippen molar-refractivity contribution in [1.82, 2.24) is 5.32 Å². The molecule has 0 bridgehead atoms. The number of urea groups is 1. The smallest absolute Gasteiger partial charge is 0.318 e. The first kappa shape index (κ1) is 18.4. The predicted molar refractivity (Wildman–Crippen MR) is 103 cm³/mol. The molecule has 0 aliphatic rings. The van der Waals surface area contributed by atoms with Crippen LogP contribution < -0.4 is 16.0 Å². The summed E-state index contributed by atoms with van der Waals surface area (Å²) in [5, 5.41) is 7.97. The van der Waals surface area contributed by atoms with Gasteiger partial charge in [-0.1, -0.05) is 15.9 Å². The molecule has 0 aromatic heterocycles. The van der Waals surface area contributed by atoms with Crippen LogP contribution in [0, 0.1) is 6.92 Å². The molecule has 0 heterocycles. The number of benzene rings is 2. The molecule has 3 N–H and O–H groups in total. The van der Waals surface area contributed by atoms with Gasteiger partial charge in [0.05, 0.1) is 5.75 Å². The number of anilines is 2. The van der Waals surface area contributed by atoms with Crippen molar-refractivity contribution in [3.63, 3.8) is 0 Å². The molecular weight excluding hydrogens is 390 g/mol. The van der Waals surface area contributed by atoms with E-state index < -0.39 is 0 Å². The highest BCUT2D eigenvalue weighted by atomic mass is 79.9. The summed E-state index contributed by atoms with van der Waals surface area (Å²) in [6, 6.07) is 12.7. The van der Waals surface area contributed by atoms with Gasteiger partial charge in [-0.2, -0.15) is 0 Å². The van der Waals surface area contributed by atoms with Crippen molar-refractivity contribution in [3.8, 4) is 0 Å². The topological polar surface area (TPSA) is 70.2 Å². The van der Waals surface area contributed by atoms with Gasteiger partial charge in [0, 0.05) is 27.8 Å². The van der Waals surface area contributed by atoms with E-state index in [4.69, 9.17) is 0 Å². The molecule has 0 aliphatic carbocycles. The molecule has 0 fully saturated rings. The van der Waals surface area contributed by atoms with Gasteiger partial charge in [0.15, 0.2) is 0 Å². The molecule has 0 saturated heterocycles. The Morgan fingerprint density at radius 2 is 1.67 bits per heavy atom. The van der Waals surface area contributed by atoms with Crippen LogP contribution in [0.15, 0.2) is 51.8 Å². The van der Waals surface area contributed by atoms with E-state index >= 15 is 0 Å². The van der Waals surface area contributed by atoms with Crippen molar-refractivity contribution < 1.29 is 9.59 Å². The lowest BCUT2D eigenvalue weighted by Gasteiger charge is -2.09.